The predicted molar refractivity (Wildman–Crippen MR) is 127 cm³/mol. The predicted octanol–water partition coefficient (Wildman–Crippen LogP) is 5.94. The van der Waals surface area contributed by atoms with Crippen molar-refractivity contribution >= 4 is 28.5 Å². The molecule has 4 nitrogen and oxygen atoms in total. The van der Waals surface area contributed by atoms with E-state index in [1.807, 2.05) is 20.0 Å². The molecule has 0 spiro atoms. The van der Waals surface area contributed by atoms with Crippen LogP contribution in [0, 0.1) is 20.8 Å². The molecule has 2 aromatic carbocycles. The molecule has 3 rings (SSSR count). The summed E-state index contributed by atoms with van der Waals surface area (Å²) in [5.74, 6) is 1.43. The third-order valence-corrected chi connectivity index (χ3v) is 6.88. The Morgan fingerprint density at radius 1 is 1.10 bits per heavy atom. The number of hydrogen-bond acceptors (Lipinski definition) is 4. The monoisotopic (exact) mass is 424 g/mol. The number of rotatable bonds is 6. The molecular weight excluding hydrogens is 392 g/mol. The Bertz CT molecular complexity index is 981. The standard InChI is InChI=1S/C25H32N2O2S/c1-8-29-22-12-18(6)19(13-21(22)15(2)3)14-23-24(28)27(7)25(30-23)26-20-10-9-16(4)17(5)11-20/h9-13,15,23H,8,14H2,1-7H3/t23-/m1/s1. The van der Waals surface area contributed by atoms with E-state index >= 15 is 0 Å². The number of carbonyl (C=O) groups excluding carboxylic acids is 1. The molecule has 0 aliphatic carbocycles. The molecule has 30 heavy (non-hydrogen) atoms. The topological polar surface area (TPSA) is 41.9 Å². The van der Waals surface area contributed by atoms with Crippen molar-refractivity contribution in [2.45, 2.75) is 59.1 Å². The molecule has 160 valence electrons. The zero-order valence-corrected chi connectivity index (χ0v) is 19.9. The zero-order valence-electron chi connectivity index (χ0n) is 19.1. The van der Waals surface area contributed by atoms with Gasteiger partial charge < -0.3 is 4.74 Å². The van der Waals surface area contributed by atoms with E-state index in [4.69, 9.17) is 9.73 Å². The maximum Gasteiger partial charge on any atom is 0.242 e. The van der Waals surface area contributed by atoms with Crippen molar-refractivity contribution in [3.8, 4) is 5.75 Å². The highest BCUT2D eigenvalue weighted by Gasteiger charge is 2.36. The van der Waals surface area contributed by atoms with Gasteiger partial charge in [-0.1, -0.05) is 37.7 Å². The first-order valence-corrected chi connectivity index (χ1v) is 11.5. The van der Waals surface area contributed by atoms with E-state index in [1.165, 1.54) is 27.8 Å². The van der Waals surface area contributed by atoms with Crippen molar-refractivity contribution in [1.29, 1.82) is 0 Å². The Balaban J connectivity index is 1.85. The van der Waals surface area contributed by atoms with Gasteiger partial charge in [0.05, 0.1) is 17.5 Å². The van der Waals surface area contributed by atoms with Crippen LogP contribution in [0.5, 0.6) is 5.75 Å². The highest BCUT2D eigenvalue weighted by molar-refractivity contribution is 8.15. The third-order valence-electron chi connectivity index (χ3n) is 5.65. The van der Waals surface area contributed by atoms with Crippen LogP contribution in [0.15, 0.2) is 35.3 Å². The average molecular weight is 425 g/mol. The van der Waals surface area contributed by atoms with Gasteiger partial charge in [0.15, 0.2) is 5.17 Å². The van der Waals surface area contributed by atoms with Crippen molar-refractivity contribution in [1.82, 2.24) is 4.90 Å². The lowest BCUT2D eigenvalue weighted by Gasteiger charge is -2.18. The highest BCUT2D eigenvalue weighted by atomic mass is 32.2. The first-order chi connectivity index (χ1) is 14.2. The number of amidine groups is 1. The van der Waals surface area contributed by atoms with Crippen LogP contribution >= 0.6 is 11.8 Å². The fraction of sp³-hybridized carbons (Fsp3) is 0.440. The lowest BCUT2D eigenvalue weighted by Crippen LogP contribution is -2.29. The van der Waals surface area contributed by atoms with Gasteiger partial charge in [-0.05, 0) is 86.1 Å². The zero-order chi connectivity index (χ0) is 22.0. The number of amides is 1. The molecule has 1 aliphatic rings. The normalized spacial score (nSPS) is 18.0. The summed E-state index contributed by atoms with van der Waals surface area (Å²) < 4.78 is 5.84. The van der Waals surface area contributed by atoms with Crippen LogP contribution in [-0.2, 0) is 11.2 Å². The molecule has 0 N–H and O–H groups in total. The van der Waals surface area contributed by atoms with Crippen LogP contribution in [0.2, 0.25) is 0 Å². The Hall–Kier alpha value is -2.27. The Labute approximate surface area is 184 Å². The van der Waals surface area contributed by atoms with E-state index < -0.39 is 0 Å². The number of carbonyl (C=O) groups is 1. The van der Waals surface area contributed by atoms with Crippen LogP contribution in [0.25, 0.3) is 0 Å². The number of thioether (sulfide) groups is 1. The van der Waals surface area contributed by atoms with Gasteiger partial charge >= 0.3 is 0 Å². The number of benzene rings is 2. The van der Waals surface area contributed by atoms with Crippen LogP contribution in [0.1, 0.15) is 54.5 Å². The Morgan fingerprint density at radius 2 is 1.83 bits per heavy atom. The van der Waals surface area contributed by atoms with Gasteiger partial charge in [0.2, 0.25) is 5.91 Å². The molecule has 0 unspecified atom stereocenters. The average Bonchev–Trinajstić information content (AvgIpc) is 2.94. The van der Waals surface area contributed by atoms with Crippen LogP contribution in [0.4, 0.5) is 5.69 Å². The summed E-state index contributed by atoms with van der Waals surface area (Å²) in [7, 11) is 1.82. The molecule has 1 heterocycles. The first-order valence-electron chi connectivity index (χ1n) is 10.6. The van der Waals surface area contributed by atoms with Gasteiger partial charge in [-0.15, -0.1) is 0 Å². The van der Waals surface area contributed by atoms with Crippen LogP contribution < -0.4 is 4.74 Å². The van der Waals surface area contributed by atoms with E-state index in [1.54, 1.807) is 16.7 Å². The quantitative estimate of drug-likeness (QED) is 0.576. The van der Waals surface area contributed by atoms with E-state index in [9.17, 15) is 4.79 Å². The summed E-state index contributed by atoms with van der Waals surface area (Å²) >= 11 is 1.56. The fourth-order valence-corrected chi connectivity index (χ4v) is 4.78. The molecule has 1 amide bonds. The van der Waals surface area contributed by atoms with E-state index in [-0.39, 0.29) is 11.2 Å². The van der Waals surface area contributed by atoms with Crippen LogP contribution in [-0.4, -0.2) is 34.9 Å². The number of aliphatic imine (C=N–C) groups is 1. The maximum atomic E-state index is 12.9. The number of nitrogens with zero attached hydrogens (tertiary/aromatic N) is 2. The second-order valence-corrected chi connectivity index (χ2v) is 9.44. The van der Waals surface area contributed by atoms with Crippen molar-refractivity contribution in [3.63, 3.8) is 0 Å². The van der Waals surface area contributed by atoms with Crippen molar-refractivity contribution in [2.75, 3.05) is 13.7 Å². The first kappa shape index (κ1) is 22.4. The second-order valence-electron chi connectivity index (χ2n) is 8.28. The van der Waals surface area contributed by atoms with Crippen molar-refractivity contribution in [2.24, 2.45) is 4.99 Å². The van der Waals surface area contributed by atoms with E-state index in [2.05, 4.69) is 58.9 Å². The SMILES string of the molecule is CCOc1cc(C)c(C[C@H]2SC(=Nc3ccc(C)c(C)c3)N(C)C2=O)cc1C(C)C. The molecule has 1 saturated heterocycles. The minimum Gasteiger partial charge on any atom is -0.494 e. The van der Waals surface area contributed by atoms with Gasteiger partial charge in [0.25, 0.3) is 0 Å². The smallest absolute Gasteiger partial charge is 0.242 e. The van der Waals surface area contributed by atoms with Crippen molar-refractivity contribution in [3.05, 3.63) is 58.1 Å². The largest absolute Gasteiger partial charge is 0.494 e. The van der Waals surface area contributed by atoms with Gasteiger partial charge in [0.1, 0.15) is 5.75 Å². The molecule has 0 bridgehead atoms. The molecular formula is C25H32N2O2S. The molecule has 5 heteroatoms. The summed E-state index contributed by atoms with van der Waals surface area (Å²) in [6, 6.07) is 10.5. The Kier molecular flexibility index (Phi) is 6.91. The molecule has 1 fully saturated rings. The molecule has 0 radical (unpaired) electrons. The summed E-state index contributed by atoms with van der Waals surface area (Å²) in [5.41, 5.74) is 6.90. The summed E-state index contributed by atoms with van der Waals surface area (Å²) in [4.78, 5) is 19.4. The highest BCUT2D eigenvalue weighted by Crippen LogP contribution is 2.35. The lowest BCUT2D eigenvalue weighted by atomic mass is 9.94. The summed E-state index contributed by atoms with van der Waals surface area (Å²) in [6.07, 6.45) is 0.692. The van der Waals surface area contributed by atoms with Gasteiger partial charge in [-0.2, -0.15) is 0 Å². The van der Waals surface area contributed by atoms with Gasteiger partial charge in [0, 0.05) is 7.05 Å². The number of hydrogen-bond donors (Lipinski definition) is 0. The second kappa shape index (κ2) is 9.25. The van der Waals surface area contributed by atoms with E-state index in [0.717, 1.165) is 16.6 Å². The van der Waals surface area contributed by atoms with Gasteiger partial charge in [-0.25, -0.2) is 4.99 Å². The molecule has 0 saturated carbocycles. The third kappa shape index (κ3) is 4.72. The summed E-state index contributed by atoms with van der Waals surface area (Å²) in [6.45, 7) is 13.3. The molecule has 0 aromatic heterocycles. The lowest BCUT2D eigenvalue weighted by molar-refractivity contribution is -0.125. The maximum absolute atomic E-state index is 12.9. The van der Waals surface area contributed by atoms with Gasteiger partial charge in [-0.3, -0.25) is 9.69 Å². The molecule has 1 aliphatic heterocycles. The number of ether oxygens (including phenoxy) is 1. The molecule has 1 atom stereocenters. The minimum absolute atomic E-state index is 0.113. The number of aryl methyl sites for hydroxylation is 3. The van der Waals surface area contributed by atoms with E-state index in [0.29, 0.717) is 18.9 Å². The van der Waals surface area contributed by atoms with Crippen molar-refractivity contribution < 1.29 is 9.53 Å². The molecule has 2 aromatic rings. The summed E-state index contributed by atoms with van der Waals surface area (Å²) in [5, 5.41) is 0.609. The fourth-order valence-electron chi connectivity index (χ4n) is 3.60. The van der Waals surface area contributed by atoms with Crippen LogP contribution in [0.3, 0.4) is 0 Å². The Morgan fingerprint density at radius 3 is 2.47 bits per heavy atom. The minimum atomic E-state index is -0.156.